The van der Waals surface area contributed by atoms with Crippen molar-refractivity contribution in [3.63, 3.8) is 0 Å². The van der Waals surface area contributed by atoms with Gasteiger partial charge < -0.3 is 9.84 Å². The number of aliphatic hydroxyl groups is 1. The van der Waals surface area contributed by atoms with Crippen molar-refractivity contribution in [3.8, 4) is 0 Å². The topological polar surface area (TPSA) is 66.8 Å². The highest BCUT2D eigenvalue weighted by Gasteiger charge is 2.37. The second kappa shape index (κ2) is 5.30. The van der Waals surface area contributed by atoms with Gasteiger partial charge in [-0.25, -0.2) is 9.69 Å². The lowest BCUT2D eigenvalue weighted by Crippen LogP contribution is -2.43. The summed E-state index contributed by atoms with van der Waals surface area (Å²) < 4.78 is 4.71. The van der Waals surface area contributed by atoms with Crippen molar-refractivity contribution in [2.24, 2.45) is 11.8 Å². The van der Waals surface area contributed by atoms with Crippen LogP contribution in [-0.4, -0.2) is 41.3 Å². The van der Waals surface area contributed by atoms with E-state index in [1.807, 2.05) is 20.8 Å². The van der Waals surface area contributed by atoms with Crippen molar-refractivity contribution in [2.75, 3.05) is 13.2 Å². The average molecular weight is 229 g/mol. The number of ether oxygens (including phenoxy) is 1. The number of amides is 2. The highest BCUT2D eigenvalue weighted by Crippen LogP contribution is 2.22. The van der Waals surface area contributed by atoms with E-state index in [4.69, 9.17) is 4.74 Å². The zero-order valence-electron chi connectivity index (χ0n) is 9.97. The van der Waals surface area contributed by atoms with Crippen LogP contribution < -0.4 is 0 Å². The van der Waals surface area contributed by atoms with E-state index >= 15 is 0 Å². The lowest BCUT2D eigenvalue weighted by atomic mass is 9.87. The average Bonchev–Trinajstić information content (AvgIpc) is 2.63. The molecule has 1 rings (SSSR count). The van der Waals surface area contributed by atoms with Crippen LogP contribution in [0.25, 0.3) is 0 Å². The lowest BCUT2D eigenvalue weighted by molar-refractivity contribution is -0.137. The molecule has 1 N–H and O–H groups in total. The van der Waals surface area contributed by atoms with Crippen molar-refractivity contribution in [2.45, 2.75) is 33.3 Å². The van der Waals surface area contributed by atoms with Crippen LogP contribution in [0.15, 0.2) is 0 Å². The van der Waals surface area contributed by atoms with Crippen LogP contribution in [0.2, 0.25) is 0 Å². The Morgan fingerprint density at radius 3 is 2.56 bits per heavy atom. The molecule has 92 valence electrons. The second-order valence-corrected chi connectivity index (χ2v) is 4.35. The number of carbonyl (C=O) groups excluding carboxylic acids is 2. The predicted octanol–water partition coefficient (Wildman–Crippen LogP) is 1.01. The lowest BCUT2D eigenvalue weighted by Gasteiger charge is -2.26. The molecule has 16 heavy (non-hydrogen) atoms. The molecule has 1 fully saturated rings. The van der Waals surface area contributed by atoms with E-state index < -0.39 is 18.1 Å². The van der Waals surface area contributed by atoms with Crippen LogP contribution in [0.3, 0.4) is 0 Å². The van der Waals surface area contributed by atoms with Crippen LogP contribution in [0.5, 0.6) is 0 Å². The Balaban J connectivity index is 2.78. The standard InChI is InChI=1S/C11H19NO4/c1-4-8(13)9(7(2)3)10(14)12-5-6-16-11(12)15/h7-9,13H,4-6H2,1-3H3/t8-,9-/m1/s1. The smallest absolute Gasteiger partial charge is 0.416 e. The maximum atomic E-state index is 12.1. The first-order valence-electron chi connectivity index (χ1n) is 5.65. The van der Waals surface area contributed by atoms with Crippen LogP contribution in [0, 0.1) is 11.8 Å². The summed E-state index contributed by atoms with van der Waals surface area (Å²) in [6.07, 6.45) is -0.808. The Morgan fingerprint density at radius 2 is 2.19 bits per heavy atom. The zero-order chi connectivity index (χ0) is 12.3. The van der Waals surface area contributed by atoms with E-state index in [9.17, 15) is 14.7 Å². The normalized spacial score (nSPS) is 19.8. The van der Waals surface area contributed by atoms with E-state index in [2.05, 4.69) is 0 Å². The molecule has 1 heterocycles. The van der Waals surface area contributed by atoms with Crippen molar-refractivity contribution in [1.82, 2.24) is 4.90 Å². The molecule has 0 aromatic rings. The quantitative estimate of drug-likeness (QED) is 0.781. The Labute approximate surface area is 95.4 Å². The summed E-state index contributed by atoms with van der Waals surface area (Å²) in [5.74, 6) is -0.863. The number of hydrogen-bond donors (Lipinski definition) is 1. The van der Waals surface area contributed by atoms with Crippen LogP contribution >= 0.6 is 0 Å². The third-order valence-electron chi connectivity index (χ3n) is 2.86. The molecular formula is C11H19NO4. The summed E-state index contributed by atoms with van der Waals surface area (Å²) >= 11 is 0. The molecule has 0 spiro atoms. The largest absolute Gasteiger partial charge is 0.447 e. The van der Waals surface area contributed by atoms with E-state index in [0.29, 0.717) is 6.42 Å². The fraction of sp³-hybridized carbons (Fsp3) is 0.818. The van der Waals surface area contributed by atoms with Crippen molar-refractivity contribution >= 4 is 12.0 Å². The predicted molar refractivity (Wildman–Crippen MR) is 57.7 cm³/mol. The molecule has 0 aromatic heterocycles. The van der Waals surface area contributed by atoms with Gasteiger partial charge in [-0.3, -0.25) is 4.79 Å². The third-order valence-corrected chi connectivity index (χ3v) is 2.86. The van der Waals surface area contributed by atoms with Gasteiger partial charge in [0.05, 0.1) is 18.6 Å². The molecule has 5 nitrogen and oxygen atoms in total. The minimum Gasteiger partial charge on any atom is -0.447 e. The summed E-state index contributed by atoms with van der Waals surface area (Å²) in [5, 5.41) is 9.81. The summed E-state index contributed by atoms with van der Waals surface area (Å²) in [7, 11) is 0. The van der Waals surface area contributed by atoms with Gasteiger partial charge in [-0.2, -0.15) is 0 Å². The molecule has 1 saturated heterocycles. The van der Waals surface area contributed by atoms with Gasteiger partial charge in [0.2, 0.25) is 5.91 Å². The number of aliphatic hydroxyl groups excluding tert-OH is 1. The fourth-order valence-electron chi connectivity index (χ4n) is 1.92. The molecule has 0 aromatic carbocycles. The summed E-state index contributed by atoms with van der Waals surface area (Å²) in [6, 6.07) is 0. The van der Waals surface area contributed by atoms with E-state index in [-0.39, 0.29) is 25.0 Å². The SMILES string of the molecule is CC[C@@H](O)[C@H](C(=O)N1CCOC1=O)C(C)C. The van der Waals surface area contributed by atoms with E-state index in [1.165, 1.54) is 0 Å². The monoisotopic (exact) mass is 229 g/mol. The molecule has 2 amide bonds. The Kier molecular flexibility index (Phi) is 4.29. The maximum Gasteiger partial charge on any atom is 0.416 e. The summed E-state index contributed by atoms with van der Waals surface area (Å²) in [4.78, 5) is 24.4. The summed E-state index contributed by atoms with van der Waals surface area (Å²) in [5.41, 5.74) is 0. The molecule has 1 aliphatic rings. The molecule has 0 unspecified atom stereocenters. The minimum absolute atomic E-state index is 0.00384. The Morgan fingerprint density at radius 1 is 1.56 bits per heavy atom. The number of imide groups is 1. The summed E-state index contributed by atoms with van der Waals surface area (Å²) in [6.45, 7) is 6.08. The molecule has 5 heteroatoms. The first kappa shape index (κ1) is 13.0. The van der Waals surface area contributed by atoms with E-state index in [0.717, 1.165) is 4.90 Å². The van der Waals surface area contributed by atoms with E-state index in [1.54, 1.807) is 0 Å². The first-order valence-corrected chi connectivity index (χ1v) is 5.65. The molecule has 2 atom stereocenters. The Hall–Kier alpha value is -1.10. The van der Waals surface area contributed by atoms with Gasteiger partial charge >= 0.3 is 6.09 Å². The van der Waals surface area contributed by atoms with Crippen molar-refractivity contribution < 1.29 is 19.4 Å². The first-order chi connectivity index (χ1) is 7.49. The molecule has 0 aliphatic carbocycles. The van der Waals surface area contributed by atoms with Gasteiger partial charge in [-0.15, -0.1) is 0 Å². The molecule has 1 aliphatic heterocycles. The molecular weight excluding hydrogens is 210 g/mol. The van der Waals surface area contributed by atoms with Gasteiger partial charge in [-0.1, -0.05) is 20.8 Å². The number of nitrogens with zero attached hydrogens (tertiary/aromatic N) is 1. The van der Waals surface area contributed by atoms with Crippen LogP contribution in [0.4, 0.5) is 4.79 Å². The van der Waals surface area contributed by atoms with Crippen molar-refractivity contribution in [3.05, 3.63) is 0 Å². The van der Waals surface area contributed by atoms with Gasteiger partial charge in [0, 0.05) is 0 Å². The number of carbonyl (C=O) groups is 2. The second-order valence-electron chi connectivity index (χ2n) is 4.35. The Bertz CT molecular complexity index is 277. The number of rotatable bonds is 4. The van der Waals surface area contributed by atoms with Gasteiger partial charge in [-0.05, 0) is 12.3 Å². The molecule has 0 saturated carbocycles. The van der Waals surface area contributed by atoms with Crippen LogP contribution in [0.1, 0.15) is 27.2 Å². The van der Waals surface area contributed by atoms with Gasteiger partial charge in [0.25, 0.3) is 0 Å². The minimum atomic E-state index is -0.708. The van der Waals surface area contributed by atoms with Crippen LogP contribution in [-0.2, 0) is 9.53 Å². The zero-order valence-corrected chi connectivity index (χ0v) is 9.97. The number of hydrogen-bond acceptors (Lipinski definition) is 4. The molecule has 0 radical (unpaired) electrons. The van der Waals surface area contributed by atoms with Gasteiger partial charge in [0.1, 0.15) is 6.61 Å². The van der Waals surface area contributed by atoms with Crippen molar-refractivity contribution in [1.29, 1.82) is 0 Å². The fourth-order valence-corrected chi connectivity index (χ4v) is 1.92. The number of cyclic esters (lactones) is 1. The van der Waals surface area contributed by atoms with Gasteiger partial charge in [0.15, 0.2) is 0 Å². The maximum absolute atomic E-state index is 12.1. The molecule has 0 bridgehead atoms. The highest BCUT2D eigenvalue weighted by atomic mass is 16.6. The third kappa shape index (κ3) is 2.52. The highest BCUT2D eigenvalue weighted by molar-refractivity contribution is 5.94.